The first-order valence-electron chi connectivity index (χ1n) is 12.8. The number of ether oxygens (including phenoxy) is 2. The van der Waals surface area contributed by atoms with Crippen LogP contribution in [0, 0.1) is 0 Å². The molecule has 4 aromatic rings. The van der Waals surface area contributed by atoms with Crippen molar-refractivity contribution in [3.63, 3.8) is 0 Å². The summed E-state index contributed by atoms with van der Waals surface area (Å²) in [4.78, 5) is 3.31. The third kappa shape index (κ3) is 6.40. The van der Waals surface area contributed by atoms with Crippen molar-refractivity contribution in [1.29, 1.82) is 0 Å². The maximum Gasteiger partial charge on any atom is 0.308 e. The highest BCUT2D eigenvalue weighted by Gasteiger charge is 2.18. The van der Waals surface area contributed by atoms with E-state index in [0.29, 0.717) is 18.1 Å². The van der Waals surface area contributed by atoms with Crippen molar-refractivity contribution in [2.24, 2.45) is 0 Å². The Kier molecular flexibility index (Phi) is 8.06. The summed E-state index contributed by atoms with van der Waals surface area (Å²) in [5.74, 6) is 2.46. The summed E-state index contributed by atoms with van der Waals surface area (Å²) < 4.78 is 41.9. The number of thiophene rings is 1. The van der Waals surface area contributed by atoms with E-state index < -0.39 is 10.1 Å². The van der Waals surface area contributed by atoms with Crippen LogP contribution in [0.4, 0.5) is 0 Å². The van der Waals surface area contributed by atoms with Gasteiger partial charge >= 0.3 is 10.1 Å². The lowest BCUT2D eigenvalue weighted by atomic mass is 10.1. The minimum absolute atomic E-state index is 0.102. The Labute approximate surface area is 227 Å². The second kappa shape index (κ2) is 11.6. The molecule has 1 saturated heterocycles. The Hall–Kier alpha value is -3.27. The van der Waals surface area contributed by atoms with Crippen LogP contribution in [0.1, 0.15) is 26.2 Å². The van der Waals surface area contributed by atoms with Crippen LogP contribution in [0.25, 0.3) is 20.5 Å². The highest BCUT2D eigenvalue weighted by atomic mass is 32.2. The van der Waals surface area contributed by atoms with Gasteiger partial charge in [0.2, 0.25) is 0 Å². The Morgan fingerprint density at radius 1 is 0.895 bits per heavy atom. The van der Waals surface area contributed by atoms with E-state index in [1.807, 2.05) is 30.3 Å². The molecule has 0 unspecified atom stereocenters. The highest BCUT2D eigenvalue weighted by Crippen LogP contribution is 2.47. The van der Waals surface area contributed by atoms with Crippen molar-refractivity contribution in [3.05, 3.63) is 66.7 Å². The Morgan fingerprint density at radius 3 is 2.29 bits per heavy atom. The van der Waals surface area contributed by atoms with Gasteiger partial charge in [-0.3, -0.25) is 4.90 Å². The lowest BCUT2D eigenvalue weighted by Gasteiger charge is -2.26. The molecule has 0 saturated carbocycles. The fourth-order valence-electron chi connectivity index (χ4n) is 4.42. The quantitative estimate of drug-likeness (QED) is 0.220. The molecule has 1 aromatic heterocycles. The van der Waals surface area contributed by atoms with Gasteiger partial charge in [-0.15, -0.1) is 11.3 Å². The number of phenols is 1. The third-order valence-corrected chi connectivity index (χ3v) is 8.83. The number of benzene rings is 3. The van der Waals surface area contributed by atoms with Gasteiger partial charge in [-0.1, -0.05) is 6.42 Å². The number of rotatable bonds is 10. The molecule has 0 amide bonds. The molecule has 0 atom stereocenters. The number of fused-ring (bicyclic) bond motifs is 1. The second-order valence-electron chi connectivity index (χ2n) is 9.22. The van der Waals surface area contributed by atoms with Crippen molar-refractivity contribution in [3.8, 4) is 39.2 Å². The van der Waals surface area contributed by atoms with Crippen LogP contribution in [-0.4, -0.2) is 50.4 Å². The second-order valence-corrected chi connectivity index (χ2v) is 12.1. The molecule has 200 valence electrons. The molecule has 0 aliphatic carbocycles. The molecule has 1 aliphatic heterocycles. The fraction of sp³-hybridized carbons (Fsp3) is 0.310. The van der Waals surface area contributed by atoms with Gasteiger partial charge < -0.3 is 18.8 Å². The van der Waals surface area contributed by atoms with Crippen LogP contribution in [0.5, 0.6) is 28.7 Å². The Bertz CT molecular complexity index is 1470. The van der Waals surface area contributed by atoms with Crippen molar-refractivity contribution >= 4 is 31.5 Å². The molecule has 0 radical (unpaired) electrons. The molecule has 38 heavy (non-hydrogen) atoms. The number of phenolic OH excluding ortho intramolecular Hbond substituents is 1. The van der Waals surface area contributed by atoms with Crippen LogP contribution < -0.4 is 13.7 Å². The lowest BCUT2D eigenvalue weighted by molar-refractivity contribution is 0.183. The zero-order valence-electron chi connectivity index (χ0n) is 21.3. The summed E-state index contributed by atoms with van der Waals surface area (Å²) in [6, 6.07) is 19.6. The number of hydrogen-bond acceptors (Lipinski definition) is 8. The van der Waals surface area contributed by atoms with Crippen molar-refractivity contribution in [1.82, 2.24) is 4.90 Å². The number of nitrogens with zero attached hydrogens (tertiary/aromatic N) is 1. The van der Waals surface area contributed by atoms with Crippen LogP contribution in [0.15, 0.2) is 66.7 Å². The first-order chi connectivity index (χ1) is 18.4. The third-order valence-electron chi connectivity index (χ3n) is 6.49. The van der Waals surface area contributed by atoms with Crippen LogP contribution >= 0.6 is 11.3 Å². The van der Waals surface area contributed by atoms with E-state index in [0.717, 1.165) is 45.9 Å². The van der Waals surface area contributed by atoms with Gasteiger partial charge in [0.05, 0.1) is 10.6 Å². The molecule has 1 fully saturated rings. The first-order valence-corrected chi connectivity index (χ1v) is 15.2. The number of aromatic hydroxyl groups is 1. The van der Waals surface area contributed by atoms with Gasteiger partial charge in [0.15, 0.2) is 5.75 Å². The molecule has 0 spiro atoms. The van der Waals surface area contributed by atoms with Gasteiger partial charge in [0, 0.05) is 16.6 Å². The predicted octanol–water partition coefficient (Wildman–Crippen LogP) is 6.66. The van der Waals surface area contributed by atoms with E-state index in [1.165, 1.54) is 37.5 Å². The molecule has 9 heteroatoms. The average Bonchev–Trinajstić information content (AvgIpc) is 3.27. The molecule has 5 rings (SSSR count). The van der Waals surface area contributed by atoms with Gasteiger partial charge in [-0.05, 0) is 105 Å². The van der Waals surface area contributed by atoms with E-state index in [4.69, 9.17) is 13.7 Å². The van der Waals surface area contributed by atoms with E-state index >= 15 is 0 Å². The number of hydrogen-bond donors (Lipinski definition) is 1. The van der Waals surface area contributed by atoms with Crippen LogP contribution in [0.2, 0.25) is 0 Å². The van der Waals surface area contributed by atoms with E-state index in [2.05, 4.69) is 4.90 Å². The largest absolute Gasteiger partial charge is 0.508 e. The topological polar surface area (TPSA) is 85.3 Å². The van der Waals surface area contributed by atoms with Gasteiger partial charge in [-0.2, -0.15) is 8.42 Å². The summed E-state index contributed by atoms with van der Waals surface area (Å²) in [6.45, 7) is 5.43. The summed E-state index contributed by atoms with van der Waals surface area (Å²) in [5, 5.41) is 10.9. The van der Waals surface area contributed by atoms with E-state index in [1.54, 1.807) is 36.4 Å². The molecular weight excluding hydrogens is 522 g/mol. The molecular formula is C29H31NO6S2. The van der Waals surface area contributed by atoms with Gasteiger partial charge in [-0.25, -0.2) is 0 Å². The Morgan fingerprint density at radius 2 is 1.58 bits per heavy atom. The van der Waals surface area contributed by atoms with Crippen molar-refractivity contribution in [2.75, 3.05) is 32.0 Å². The molecule has 0 bridgehead atoms. The predicted molar refractivity (Wildman–Crippen MR) is 151 cm³/mol. The summed E-state index contributed by atoms with van der Waals surface area (Å²) in [5.41, 5.74) is 0.847. The number of likely N-dealkylation sites (tertiary alicyclic amines) is 1. The smallest absolute Gasteiger partial charge is 0.308 e. The molecule has 2 heterocycles. The maximum absolute atomic E-state index is 11.8. The lowest BCUT2D eigenvalue weighted by Crippen LogP contribution is -2.33. The standard InChI is InChI=1S/C29H31NO6S2/c1-2-38(32,33)36-25-9-6-21(7-10-25)29-28(26-15-8-22(31)20-27(26)37-29)35-24-13-11-23(12-14-24)34-19-18-30-16-4-3-5-17-30/h6-15,20,31H,2-5,16-19H2,1H3. The van der Waals surface area contributed by atoms with Crippen LogP contribution in [-0.2, 0) is 10.1 Å². The number of piperidine rings is 1. The minimum atomic E-state index is -3.60. The molecule has 7 nitrogen and oxygen atoms in total. The van der Waals surface area contributed by atoms with E-state index in [-0.39, 0.29) is 17.3 Å². The summed E-state index contributed by atoms with van der Waals surface area (Å²) in [6.07, 6.45) is 3.86. The normalized spacial score (nSPS) is 14.4. The fourth-order valence-corrected chi connectivity index (χ4v) is 6.11. The zero-order chi connectivity index (χ0) is 26.5. The molecule has 3 aromatic carbocycles. The monoisotopic (exact) mass is 553 g/mol. The maximum atomic E-state index is 11.8. The summed E-state index contributed by atoms with van der Waals surface area (Å²) >= 11 is 1.49. The highest BCUT2D eigenvalue weighted by molar-refractivity contribution is 7.87. The van der Waals surface area contributed by atoms with Crippen molar-refractivity contribution in [2.45, 2.75) is 26.2 Å². The first kappa shape index (κ1) is 26.3. The van der Waals surface area contributed by atoms with Crippen molar-refractivity contribution < 1.29 is 27.2 Å². The Balaban J connectivity index is 1.34. The summed E-state index contributed by atoms with van der Waals surface area (Å²) in [7, 11) is -3.60. The van der Waals surface area contributed by atoms with Gasteiger partial charge in [0.1, 0.15) is 29.6 Å². The average molecular weight is 554 g/mol. The minimum Gasteiger partial charge on any atom is -0.508 e. The van der Waals surface area contributed by atoms with Gasteiger partial charge in [0.25, 0.3) is 0 Å². The molecule has 1 aliphatic rings. The van der Waals surface area contributed by atoms with E-state index in [9.17, 15) is 13.5 Å². The SMILES string of the molecule is CCS(=O)(=O)Oc1ccc(-c2sc3cc(O)ccc3c2Oc2ccc(OCCN3CCCCC3)cc2)cc1. The zero-order valence-corrected chi connectivity index (χ0v) is 22.9. The molecule has 1 N–H and O–H groups in total. The van der Waals surface area contributed by atoms with Crippen LogP contribution in [0.3, 0.4) is 0 Å².